The van der Waals surface area contributed by atoms with Crippen molar-refractivity contribution in [1.29, 1.82) is 0 Å². The number of hydrogen-bond acceptors (Lipinski definition) is 4. The number of hydrogen-bond donors (Lipinski definition) is 0. The van der Waals surface area contributed by atoms with Gasteiger partial charge < -0.3 is 4.57 Å². The van der Waals surface area contributed by atoms with E-state index in [-0.39, 0.29) is 11.9 Å². The predicted molar refractivity (Wildman–Crippen MR) is 102 cm³/mol. The van der Waals surface area contributed by atoms with Gasteiger partial charge in [0, 0.05) is 17.3 Å². The van der Waals surface area contributed by atoms with Crippen LogP contribution in [0.3, 0.4) is 0 Å². The van der Waals surface area contributed by atoms with Crippen molar-refractivity contribution in [3.8, 4) is 0 Å². The summed E-state index contributed by atoms with van der Waals surface area (Å²) in [4.78, 5) is 4.35. The number of benzene rings is 2. The maximum atomic E-state index is 14.0. The van der Waals surface area contributed by atoms with Crippen molar-refractivity contribution in [3.05, 3.63) is 84.1 Å². The first-order valence-corrected chi connectivity index (χ1v) is 9.32. The van der Waals surface area contributed by atoms with Gasteiger partial charge in [-0.3, -0.25) is 4.98 Å². The SMILES string of the molecule is CC(c1ccccc1)n1cnnc1SCc1ccc(F)c2cccnc12. The minimum absolute atomic E-state index is 0.136. The average molecular weight is 364 g/mol. The van der Waals surface area contributed by atoms with Crippen LogP contribution in [0.15, 0.2) is 72.3 Å². The molecule has 0 fully saturated rings. The molecule has 26 heavy (non-hydrogen) atoms. The van der Waals surface area contributed by atoms with Gasteiger partial charge in [-0.25, -0.2) is 4.39 Å². The minimum atomic E-state index is -0.247. The van der Waals surface area contributed by atoms with Crippen LogP contribution in [-0.2, 0) is 5.75 Å². The molecule has 0 aliphatic rings. The number of thioether (sulfide) groups is 1. The van der Waals surface area contributed by atoms with E-state index in [4.69, 9.17) is 0 Å². The largest absolute Gasteiger partial charge is 0.301 e. The molecule has 130 valence electrons. The Morgan fingerprint density at radius 2 is 1.92 bits per heavy atom. The fourth-order valence-electron chi connectivity index (χ4n) is 2.95. The molecule has 4 nitrogen and oxygen atoms in total. The first-order chi connectivity index (χ1) is 12.7. The lowest BCUT2D eigenvalue weighted by Gasteiger charge is -2.15. The van der Waals surface area contributed by atoms with Crippen molar-refractivity contribution >= 4 is 22.7 Å². The molecule has 6 heteroatoms. The van der Waals surface area contributed by atoms with Crippen LogP contribution in [0.4, 0.5) is 4.39 Å². The third kappa shape index (κ3) is 3.20. The highest BCUT2D eigenvalue weighted by Gasteiger charge is 2.14. The molecule has 2 aromatic heterocycles. The summed E-state index contributed by atoms with van der Waals surface area (Å²) in [5.74, 6) is 0.399. The number of fused-ring (bicyclic) bond motifs is 1. The molecule has 0 N–H and O–H groups in total. The molecule has 1 atom stereocenters. The lowest BCUT2D eigenvalue weighted by Crippen LogP contribution is -2.07. The van der Waals surface area contributed by atoms with Crippen LogP contribution in [0.1, 0.15) is 24.1 Å². The van der Waals surface area contributed by atoms with E-state index in [9.17, 15) is 4.39 Å². The van der Waals surface area contributed by atoms with Crippen LogP contribution in [0.25, 0.3) is 10.9 Å². The first-order valence-electron chi connectivity index (χ1n) is 8.33. The number of nitrogens with zero attached hydrogens (tertiary/aromatic N) is 4. The van der Waals surface area contributed by atoms with Crippen molar-refractivity contribution in [2.45, 2.75) is 23.9 Å². The Balaban J connectivity index is 1.59. The Labute approximate surface area is 155 Å². The molecule has 0 aliphatic heterocycles. The normalized spacial score (nSPS) is 12.4. The average Bonchev–Trinajstić information content (AvgIpc) is 3.16. The van der Waals surface area contributed by atoms with Gasteiger partial charge in [-0.1, -0.05) is 48.2 Å². The summed E-state index contributed by atoms with van der Waals surface area (Å²) in [7, 11) is 0. The topological polar surface area (TPSA) is 43.6 Å². The van der Waals surface area contributed by atoms with Gasteiger partial charge in [0.05, 0.1) is 11.6 Å². The van der Waals surface area contributed by atoms with E-state index < -0.39 is 0 Å². The van der Waals surface area contributed by atoms with Gasteiger partial charge in [-0.05, 0) is 36.2 Å². The van der Waals surface area contributed by atoms with E-state index in [0.29, 0.717) is 16.7 Å². The van der Waals surface area contributed by atoms with Gasteiger partial charge in [-0.2, -0.15) is 0 Å². The van der Waals surface area contributed by atoms with Crippen LogP contribution < -0.4 is 0 Å². The Bertz CT molecular complexity index is 1030. The van der Waals surface area contributed by atoms with E-state index in [1.165, 1.54) is 11.6 Å². The second kappa shape index (κ2) is 7.25. The van der Waals surface area contributed by atoms with Crippen LogP contribution in [-0.4, -0.2) is 19.7 Å². The zero-order chi connectivity index (χ0) is 17.9. The summed E-state index contributed by atoms with van der Waals surface area (Å²) >= 11 is 1.58. The highest BCUT2D eigenvalue weighted by molar-refractivity contribution is 7.98. The standard InChI is InChI=1S/C20H17FN4S/c1-14(15-6-3-2-4-7-15)25-13-23-24-20(25)26-12-16-9-10-18(21)17-8-5-11-22-19(16)17/h2-11,13-14H,12H2,1H3. The third-order valence-electron chi connectivity index (χ3n) is 4.40. The summed E-state index contributed by atoms with van der Waals surface area (Å²) in [6.07, 6.45) is 3.44. The van der Waals surface area contributed by atoms with Gasteiger partial charge in [0.2, 0.25) is 0 Å². The molecule has 0 saturated heterocycles. The smallest absolute Gasteiger partial charge is 0.191 e. The Hall–Kier alpha value is -2.73. The molecule has 0 spiro atoms. The molecule has 0 bridgehead atoms. The summed E-state index contributed by atoms with van der Waals surface area (Å²) < 4.78 is 16.0. The molecule has 4 aromatic rings. The minimum Gasteiger partial charge on any atom is -0.301 e. The van der Waals surface area contributed by atoms with E-state index >= 15 is 0 Å². The second-order valence-corrected chi connectivity index (χ2v) is 6.94. The molecular formula is C20H17FN4S. The van der Waals surface area contributed by atoms with Gasteiger partial charge >= 0.3 is 0 Å². The summed E-state index contributed by atoms with van der Waals surface area (Å²) in [6.45, 7) is 2.12. The van der Waals surface area contributed by atoms with E-state index in [1.807, 2.05) is 18.2 Å². The molecule has 2 aromatic carbocycles. The number of halogens is 1. The zero-order valence-electron chi connectivity index (χ0n) is 14.2. The van der Waals surface area contributed by atoms with E-state index in [2.05, 4.69) is 38.8 Å². The fraction of sp³-hybridized carbons (Fsp3) is 0.150. The van der Waals surface area contributed by atoms with E-state index in [1.54, 1.807) is 42.5 Å². The van der Waals surface area contributed by atoms with Crippen LogP contribution in [0, 0.1) is 5.82 Å². The summed E-state index contributed by atoms with van der Waals surface area (Å²) in [5, 5.41) is 9.71. The van der Waals surface area contributed by atoms with Gasteiger partial charge in [0.15, 0.2) is 5.16 Å². The highest BCUT2D eigenvalue weighted by atomic mass is 32.2. The summed E-state index contributed by atoms with van der Waals surface area (Å²) in [6, 6.07) is 17.2. The molecule has 1 unspecified atom stereocenters. The highest BCUT2D eigenvalue weighted by Crippen LogP contribution is 2.29. The molecule has 0 saturated carbocycles. The molecule has 0 radical (unpaired) electrons. The van der Waals surface area contributed by atoms with E-state index in [0.717, 1.165) is 10.7 Å². The Morgan fingerprint density at radius 3 is 2.77 bits per heavy atom. The maximum Gasteiger partial charge on any atom is 0.191 e. The lowest BCUT2D eigenvalue weighted by atomic mass is 10.1. The summed E-state index contributed by atoms with van der Waals surface area (Å²) in [5.41, 5.74) is 2.87. The zero-order valence-corrected chi connectivity index (χ0v) is 15.0. The number of aromatic nitrogens is 4. The number of rotatable bonds is 5. The monoisotopic (exact) mass is 364 g/mol. The Morgan fingerprint density at radius 1 is 1.08 bits per heavy atom. The molecule has 0 amide bonds. The first kappa shape index (κ1) is 16.7. The van der Waals surface area contributed by atoms with Crippen LogP contribution in [0.5, 0.6) is 0 Å². The maximum absolute atomic E-state index is 14.0. The quantitative estimate of drug-likeness (QED) is 0.474. The predicted octanol–water partition coefficient (Wildman–Crippen LogP) is 4.87. The van der Waals surface area contributed by atoms with Crippen molar-refractivity contribution in [3.63, 3.8) is 0 Å². The van der Waals surface area contributed by atoms with Crippen molar-refractivity contribution in [2.75, 3.05) is 0 Å². The Kier molecular flexibility index (Phi) is 4.67. The van der Waals surface area contributed by atoms with Gasteiger partial charge in [0.1, 0.15) is 12.1 Å². The van der Waals surface area contributed by atoms with Crippen molar-refractivity contribution in [2.24, 2.45) is 0 Å². The van der Waals surface area contributed by atoms with Crippen molar-refractivity contribution in [1.82, 2.24) is 19.7 Å². The molecular weight excluding hydrogens is 347 g/mol. The second-order valence-electron chi connectivity index (χ2n) is 6.00. The lowest BCUT2D eigenvalue weighted by molar-refractivity contribution is 0.582. The van der Waals surface area contributed by atoms with Gasteiger partial charge in [-0.15, -0.1) is 10.2 Å². The van der Waals surface area contributed by atoms with Crippen molar-refractivity contribution < 1.29 is 4.39 Å². The fourth-order valence-corrected chi connectivity index (χ4v) is 3.92. The van der Waals surface area contributed by atoms with Crippen LogP contribution in [0.2, 0.25) is 0 Å². The number of pyridine rings is 1. The molecule has 0 aliphatic carbocycles. The molecule has 2 heterocycles. The van der Waals surface area contributed by atoms with Gasteiger partial charge in [0.25, 0.3) is 0 Å². The van der Waals surface area contributed by atoms with Crippen LogP contribution >= 0.6 is 11.8 Å². The third-order valence-corrected chi connectivity index (χ3v) is 5.40. The molecule has 4 rings (SSSR count).